The summed E-state index contributed by atoms with van der Waals surface area (Å²) < 4.78 is 1.68. The molecule has 0 aliphatic heterocycles. The molecule has 1 heterocycles. The second kappa shape index (κ2) is 4.35. The monoisotopic (exact) mass is 173 g/mol. The first-order valence-corrected chi connectivity index (χ1v) is 4.52. The van der Waals surface area contributed by atoms with Crippen LogP contribution in [0.15, 0.2) is 6.20 Å². The Bertz CT molecular complexity index is 213. The molecule has 0 aliphatic rings. The molecule has 1 aromatic rings. The molecule has 0 unspecified atom stereocenters. The molecule has 4 nitrogen and oxygen atoms in total. The third kappa shape index (κ3) is 2.90. The van der Waals surface area contributed by atoms with Crippen molar-refractivity contribution in [3.05, 3.63) is 11.9 Å². The quantitative estimate of drug-likeness (QED) is 0.653. The number of aromatic nitrogens is 3. The van der Waals surface area contributed by atoms with Gasteiger partial charge in [0.1, 0.15) is 0 Å². The standard InChI is InChI=1S/C6H11N3OS/c1-9-4-6(7-8-9)5-11-3-2-10/h4,10H,2-3,5H2,1H3. The van der Waals surface area contributed by atoms with Crippen LogP contribution >= 0.6 is 11.8 Å². The number of aryl methyl sites for hydroxylation is 1. The zero-order valence-corrected chi connectivity index (χ0v) is 7.21. The molecule has 0 bridgehead atoms. The molecule has 1 rings (SSSR count). The van der Waals surface area contributed by atoms with Gasteiger partial charge in [-0.2, -0.15) is 11.8 Å². The van der Waals surface area contributed by atoms with Gasteiger partial charge in [0.15, 0.2) is 0 Å². The van der Waals surface area contributed by atoms with Crippen LogP contribution in [0, 0.1) is 0 Å². The number of hydrogen-bond donors (Lipinski definition) is 1. The zero-order valence-electron chi connectivity index (χ0n) is 6.40. The van der Waals surface area contributed by atoms with E-state index in [0.29, 0.717) is 0 Å². The summed E-state index contributed by atoms with van der Waals surface area (Å²) >= 11 is 1.65. The zero-order chi connectivity index (χ0) is 8.10. The molecule has 0 saturated heterocycles. The summed E-state index contributed by atoms with van der Waals surface area (Å²) in [6, 6.07) is 0. The van der Waals surface area contributed by atoms with Crippen molar-refractivity contribution >= 4 is 11.8 Å². The summed E-state index contributed by atoms with van der Waals surface area (Å²) in [5.41, 5.74) is 0.964. The van der Waals surface area contributed by atoms with Gasteiger partial charge in [-0.05, 0) is 0 Å². The topological polar surface area (TPSA) is 50.9 Å². The van der Waals surface area contributed by atoms with Gasteiger partial charge in [-0.25, -0.2) is 0 Å². The first-order chi connectivity index (χ1) is 5.33. The van der Waals surface area contributed by atoms with E-state index in [1.807, 2.05) is 13.2 Å². The maximum Gasteiger partial charge on any atom is 0.0925 e. The summed E-state index contributed by atoms with van der Waals surface area (Å²) in [5.74, 6) is 1.59. The van der Waals surface area contributed by atoms with E-state index in [0.717, 1.165) is 17.2 Å². The number of nitrogens with zero attached hydrogens (tertiary/aromatic N) is 3. The Kier molecular flexibility index (Phi) is 3.38. The second-order valence-electron chi connectivity index (χ2n) is 2.16. The Morgan fingerprint density at radius 1 is 1.73 bits per heavy atom. The lowest BCUT2D eigenvalue weighted by atomic mass is 10.6. The normalized spacial score (nSPS) is 10.4. The van der Waals surface area contributed by atoms with E-state index >= 15 is 0 Å². The number of thioether (sulfide) groups is 1. The van der Waals surface area contributed by atoms with Crippen LogP contribution in [0.5, 0.6) is 0 Å². The molecule has 0 aliphatic carbocycles. The minimum atomic E-state index is 0.227. The molecule has 0 amide bonds. The lowest BCUT2D eigenvalue weighted by Crippen LogP contribution is -1.87. The molecular formula is C6H11N3OS. The molecule has 0 fully saturated rings. The highest BCUT2D eigenvalue weighted by Crippen LogP contribution is 2.07. The Labute approximate surface area is 69.6 Å². The molecule has 0 radical (unpaired) electrons. The van der Waals surface area contributed by atoms with Gasteiger partial charge >= 0.3 is 0 Å². The predicted molar refractivity (Wildman–Crippen MR) is 44.3 cm³/mol. The van der Waals surface area contributed by atoms with Gasteiger partial charge in [-0.1, -0.05) is 5.21 Å². The maximum absolute atomic E-state index is 8.49. The molecule has 62 valence electrons. The smallest absolute Gasteiger partial charge is 0.0925 e. The minimum absolute atomic E-state index is 0.227. The summed E-state index contributed by atoms with van der Waals surface area (Å²) in [6.07, 6.45) is 1.88. The maximum atomic E-state index is 8.49. The van der Waals surface area contributed by atoms with E-state index in [4.69, 9.17) is 5.11 Å². The highest BCUT2D eigenvalue weighted by molar-refractivity contribution is 7.98. The first-order valence-electron chi connectivity index (χ1n) is 3.36. The van der Waals surface area contributed by atoms with Gasteiger partial charge in [-0.15, -0.1) is 5.10 Å². The van der Waals surface area contributed by atoms with E-state index in [1.165, 1.54) is 0 Å². The average molecular weight is 173 g/mol. The van der Waals surface area contributed by atoms with E-state index in [9.17, 15) is 0 Å². The van der Waals surface area contributed by atoms with Crippen LogP contribution in [0.4, 0.5) is 0 Å². The van der Waals surface area contributed by atoms with Crippen molar-refractivity contribution in [3.8, 4) is 0 Å². The largest absolute Gasteiger partial charge is 0.396 e. The van der Waals surface area contributed by atoms with Crippen molar-refractivity contribution in [2.45, 2.75) is 5.75 Å². The molecule has 1 aromatic heterocycles. The van der Waals surface area contributed by atoms with Crippen molar-refractivity contribution in [1.82, 2.24) is 15.0 Å². The summed E-state index contributed by atoms with van der Waals surface area (Å²) in [6.45, 7) is 0.227. The fourth-order valence-electron chi connectivity index (χ4n) is 0.703. The highest BCUT2D eigenvalue weighted by Gasteiger charge is 1.96. The van der Waals surface area contributed by atoms with E-state index < -0.39 is 0 Å². The third-order valence-corrected chi connectivity index (χ3v) is 2.11. The fourth-order valence-corrected chi connectivity index (χ4v) is 1.32. The lowest BCUT2D eigenvalue weighted by molar-refractivity contribution is 0.322. The highest BCUT2D eigenvalue weighted by atomic mass is 32.2. The van der Waals surface area contributed by atoms with Crippen molar-refractivity contribution in [2.24, 2.45) is 7.05 Å². The number of aliphatic hydroxyl groups is 1. The van der Waals surface area contributed by atoms with Gasteiger partial charge in [0, 0.05) is 24.8 Å². The molecule has 0 aromatic carbocycles. The Morgan fingerprint density at radius 2 is 2.55 bits per heavy atom. The fraction of sp³-hybridized carbons (Fsp3) is 0.667. The number of hydrogen-bond acceptors (Lipinski definition) is 4. The molecule has 0 spiro atoms. The van der Waals surface area contributed by atoms with Crippen molar-refractivity contribution in [1.29, 1.82) is 0 Å². The van der Waals surface area contributed by atoms with Crippen LogP contribution in [-0.2, 0) is 12.8 Å². The Hall–Kier alpha value is -0.550. The molecule has 0 atom stereocenters. The minimum Gasteiger partial charge on any atom is -0.396 e. The Morgan fingerprint density at radius 3 is 3.09 bits per heavy atom. The molecule has 11 heavy (non-hydrogen) atoms. The van der Waals surface area contributed by atoms with E-state index in [-0.39, 0.29) is 6.61 Å². The van der Waals surface area contributed by atoms with Crippen LogP contribution in [0.2, 0.25) is 0 Å². The van der Waals surface area contributed by atoms with Crippen molar-refractivity contribution in [2.75, 3.05) is 12.4 Å². The van der Waals surface area contributed by atoms with Gasteiger partial charge in [0.25, 0.3) is 0 Å². The summed E-state index contributed by atoms with van der Waals surface area (Å²) in [5, 5.41) is 16.2. The molecule has 0 saturated carbocycles. The van der Waals surface area contributed by atoms with Crippen LogP contribution in [-0.4, -0.2) is 32.5 Å². The first kappa shape index (κ1) is 8.55. The SMILES string of the molecule is Cn1cc(CSCCO)nn1. The van der Waals surface area contributed by atoms with E-state index in [1.54, 1.807) is 16.4 Å². The van der Waals surface area contributed by atoms with E-state index in [2.05, 4.69) is 10.3 Å². The van der Waals surface area contributed by atoms with Crippen LogP contribution in [0.3, 0.4) is 0 Å². The van der Waals surface area contributed by atoms with Gasteiger partial charge < -0.3 is 5.11 Å². The van der Waals surface area contributed by atoms with Crippen molar-refractivity contribution in [3.63, 3.8) is 0 Å². The van der Waals surface area contributed by atoms with Crippen LogP contribution in [0.25, 0.3) is 0 Å². The molecular weight excluding hydrogens is 162 g/mol. The number of rotatable bonds is 4. The van der Waals surface area contributed by atoms with Gasteiger partial charge in [0.05, 0.1) is 12.3 Å². The van der Waals surface area contributed by atoms with Crippen molar-refractivity contribution < 1.29 is 5.11 Å². The van der Waals surface area contributed by atoms with Crippen LogP contribution in [0.1, 0.15) is 5.69 Å². The summed E-state index contributed by atoms with van der Waals surface area (Å²) in [4.78, 5) is 0. The average Bonchev–Trinajstić information content (AvgIpc) is 2.37. The van der Waals surface area contributed by atoms with Gasteiger partial charge in [0.2, 0.25) is 0 Å². The molecule has 5 heteroatoms. The third-order valence-electron chi connectivity index (χ3n) is 1.14. The predicted octanol–water partition coefficient (Wildman–Crippen LogP) is 0.0406. The van der Waals surface area contributed by atoms with Gasteiger partial charge in [-0.3, -0.25) is 4.68 Å². The molecule has 1 N–H and O–H groups in total. The number of aliphatic hydroxyl groups excluding tert-OH is 1. The Balaban J connectivity index is 2.27. The second-order valence-corrected chi connectivity index (χ2v) is 3.26. The lowest BCUT2D eigenvalue weighted by Gasteiger charge is -1.92. The van der Waals surface area contributed by atoms with Crippen LogP contribution < -0.4 is 0 Å². The summed E-state index contributed by atoms with van der Waals surface area (Å²) in [7, 11) is 1.84.